The van der Waals surface area contributed by atoms with Gasteiger partial charge in [0.05, 0.1) is 0 Å². The first-order chi connectivity index (χ1) is 9.29. The summed E-state index contributed by atoms with van der Waals surface area (Å²) in [5.74, 6) is 0. The third kappa shape index (κ3) is 4.34. The van der Waals surface area contributed by atoms with Gasteiger partial charge in [-0.3, -0.25) is 4.98 Å². The molecule has 0 bridgehead atoms. The van der Waals surface area contributed by atoms with Gasteiger partial charge in [-0.2, -0.15) is 0 Å². The average Bonchev–Trinajstić information content (AvgIpc) is 2.43. The molecule has 100 valence electrons. The molecule has 2 nitrogen and oxygen atoms in total. The molecular formula is C16H19ClN2. The maximum Gasteiger partial charge on any atom is 0.0438 e. The summed E-state index contributed by atoms with van der Waals surface area (Å²) in [6.45, 7) is 3.07. The highest BCUT2D eigenvalue weighted by Crippen LogP contribution is 2.17. The molecule has 1 heterocycles. The Morgan fingerprint density at radius 2 is 1.89 bits per heavy atom. The number of likely N-dealkylation sites (N-methyl/N-ethyl adjacent to an activating group) is 1. The van der Waals surface area contributed by atoms with Gasteiger partial charge in [-0.1, -0.05) is 42.8 Å². The van der Waals surface area contributed by atoms with Gasteiger partial charge in [-0.15, -0.1) is 0 Å². The Labute approximate surface area is 119 Å². The smallest absolute Gasteiger partial charge is 0.0438 e. The maximum atomic E-state index is 6.23. The molecular weight excluding hydrogens is 256 g/mol. The monoisotopic (exact) mass is 274 g/mol. The first-order valence-corrected chi connectivity index (χ1v) is 7.04. The van der Waals surface area contributed by atoms with Crippen LogP contribution in [0.4, 0.5) is 0 Å². The molecule has 0 radical (unpaired) electrons. The fourth-order valence-electron chi connectivity index (χ4n) is 2.21. The van der Waals surface area contributed by atoms with Gasteiger partial charge < -0.3 is 5.32 Å². The lowest BCUT2D eigenvalue weighted by atomic mass is 10.0. The van der Waals surface area contributed by atoms with Crippen LogP contribution in [0, 0.1) is 0 Å². The van der Waals surface area contributed by atoms with E-state index in [-0.39, 0.29) is 0 Å². The SMILES string of the molecule is CCNC(Cc1ccccn1)Cc1ccccc1Cl. The molecule has 1 aromatic carbocycles. The van der Waals surface area contributed by atoms with Crippen molar-refractivity contribution in [3.05, 3.63) is 64.9 Å². The molecule has 0 amide bonds. The standard InChI is InChI=1S/C16H19ClN2/c1-2-18-15(12-14-8-5-6-10-19-14)11-13-7-3-4-9-16(13)17/h3-10,15,18H,2,11-12H2,1H3. The van der Waals surface area contributed by atoms with Gasteiger partial charge in [0, 0.05) is 29.4 Å². The summed E-state index contributed by atoms with van der Waals surface area (Å²) in [4.78, 5) is 4.39. The molecule has 0 spiro atoms. The van der Waals surface area contributed by atoms with Crippen LogP contribution in [0.2, 0.25) is 5.02 Å². The van der Waals surface area contributed by atoms with Crippen molar-refractivity contribution in [1.29, 1.82) is 0 Å². The van der Waals surface area contributed by atoms with E-state index in [4.69, 9.17) is 11.6 Å². The van der Waals surface area contributed by atoms with Crippen LogP contribution in [0.5, 0.6) is 0 Å². The van der Waals surface area contributed by atoms with Crippen LogP contribution in [0.3, 0.4) is 0 Å². The predicted molar refractivity (Wildman–Crippen MR) is 80.6 cm³/mol. The lowest BCUT2D eigenvalue weighted by molar-refractivity contribution is 0.516. The number of benzene rings is 1. The van der Waals surface area contributed by atoms with Crippen LogP contribution in [0.15, 0.2) is 48.7 Å². The third-order valence-electron chi connectivity index (χ3n) is 3.10. The molecule has 2 rings (SSSR count). The van der Waals surface area contributed by atoms with Gasteiger partial charge in [0.1, 0.15) is 0 Å². The fraction of sp³-hybridized carbons (Fsp3) is 0.312. The molecule has 3 heteroatoms. The normalized spacial score (nSPS) is 12.3. The molecule has 2 aromatic rings. The minimum Gasteiger partial charge on any atom is -0.314 e. The van der Waals surface area contributed by atoms with Crippen LogP contribution < -0.4 is 5.32 Å². The van der Waals surface area contributed by atoms with Gasteiger partial charge in [0.25, 0.3) is 0 Å². The molecule has 0 aliphatic heterocycles. The first-order valence-electron chi connectivity index (χ1n) is 6.66. The summed E-state index contributed by atoms with van der Waals surface area (Å²) in [7, 11) is 0. The first kappa shape index (κ1) is 14.0. The van der Waals surface area contributed by atoms with E-state index in [1.807, 2.05) is 36.5 Å². The number of aromatic nitrogens is 1. The van der Waals surface area contributed by atoms with Crippen molar-refractivity contribution in [3.8, 4) is 0 Å². The Morgan fingerprint density at radius 3 is 2.58 bits per heavy atom. The average molecular weight is 275 g/mol. The molecule has 0 saturated carbocycles. The number of rotatable bonds is 6. The van der Waals surface area contributed by atoms with Crippen molar-refractivity contribution >= 4 is 11.6 Å². The summed E-state index contributed by atoms with van der Waals surface area (Å²) in [5, 5.41) is 4.35. The number of pyridine rings is 1. The van der Waals surface area contributed by atoms with E-state index in [1.165, 1.54) is 5.56 Å². The van der Waals surface area contributed by atoms with E-state index in [2.05, 4.69) is 29.4 Å². The minimum absolute atomic E-state index is 0.361. The van der Waals surface area contributed by atoms with Crippen molar-refractivity contribution in [2.75, 3.05) is 6.54 Å². The Kier molecular flexibility index (Phi) is 5.37. The topological polar surface area (TPSA) is 24.9 Å². The lowest BCUT2D eigenvalue weighted by Gasteiger charge is -2.18. The van der Waals surface area contributed by atoms with Crippen LogP contribution in [-0.2, 0) is 12.8 Å². The zero-order valence-corrected chi connectivity index (χ0v) is 11.9. The Hall–Kier alpha value is -1.38. The molecule has 0 aliphatic rings. The largest absolute Gasteiger partial charge is 0.314 e. The highest BCUT2D eigenvalue weighted by atomic mass is 35.5. The van der Waals surface area contributed by atoms with Crippen LogP contribution in [0.25, 0.3) is 0 Å². The van der Waals surface area contributed by atoms with Crippen molar-refractivity contribution in [2.45, 2.75) is 25.8 Å². The van der Waals surface area contributed by atoms with Gasteiger partial charge >= 0.3 is 0 Å². The van der Waals surface area contributed by atoms with Gasteiger partial charge in [-0.25, -0.2) is 0 Å². The molecule has 1 N–H and O–H groups in total. The maximum absolute atomic E-state index is 6.23. The van der Waals surface area contributed by atoms with E-state index in [9.17, 15) is 0 Å². The number of hydrogen-bond donors (Lipinski definition) is 1. The number of halogens is 1. The van der Waals surface area contributed by atoms with E-state index in [0.29, 0.717) is 6.04 Å². The molecule has 0 aliphatic carbocycles. The van der Waals surface area contributed by atoms with E-state index in [0.717, 1.165) is 30.1 Å². The summed E-state index contributed by atoms with van der Waals surface area (Å²) in [6.07, 6.45) is 3.68. The second-order valence-electron chi connectivity index (χ2n) is 4.58. The van der Waals surface area contributed by atoms with Crippen LogP contribution >= 0.6 is 11.6 Å². The number of hydrogen-bond acceptors (Lipinski definition) is 2. The van der Waals surface area contributed by atoms with Gasteiger partial charge in [0.15, 0.2) is 0 Å². The zero-order valence-electron chi connectivity index (χ0n) is 11.1. The van der Waals surface area contributed by atoms with Crippen LogP contribution in [-0.4, -0.2) is 17.6 Å². The quantitative estimate of drug-likeness (QED) is 0.872. The third-order valence-corrected chi connectivity index (χ3v) is 3.47. The Morgan fingerprint density at radius 1 is 1.11 bits per heavy atom. The fourth-order valence-corrected chi connectivity index (χ4v) is 2.42. The molecule has 1 unspecified atom stereocenters. The predicted octanol–water partition coefficient (Wildman–Crippen LogP) is 3.50. The van der Waals surface area contributed by atoms with Crippen LogP contribution in [0.1, 0.15) is 18.2 Å². The number of nitrogens with zero attached hydrogens (tertiary/aromatic N) is 1. The summed E-state index contributed by atoms with van der Waals surface area (Å²) >= 11 is 6.23. The summed E-state index contributed by atoms with van der Waals surface area (Å²) in [5.41, 5.74) is 2.30. The van der Waals surface area contributed by atoms with E-state index >= 15 is 0 Å². The summed E-state index contributed by atoms with van der Waals surface area (Å²) < 4.78 is 0. The highest BCUT2D eigenvalue weighted by molar-refractivity contribution is 6.31. The second kappa shape index (κ2) is 7.27. The van der Waals surface area contributed by atoms with Crippen molar-refractivity contribution in [2.24, 2.45) is 0 Å². The molecule has 0 saturated heterocycles. The van der Waals surface area contributed by atoms with E-state index in [1.54, 1.807) is 0 Å². The molecule has 0 fully saturated rings. The molecule has 1 atom stereocenters. The second-order valence-corrected chi connectivity index (χ2v) is 4.98. The van der Waals surface area contributed by atoms with E-state index < -0.39 is 0 Å². The lowest BCUT2D eigenvalue weighted by Crippen LogP contribution is -2.33. The Bertz CT molecular complexity index is 499. The zero-order chi connectivity index (χ0) is 13.5. The summed E-state index contributed by atoms with van der Waals surface area (Å²) in [6, 6.07) is 14.4. The van der Waals surface area contributed by atoms with Gasteiger partial charge in [0.2, 0.25) is 0 Å². The van der Waals surface area contributed by atoms with Crippen molar-refractivity contribution in [1.82, 2.24) is 10.3 Å². The highest BCUT2D eigenvalue weighted by Gasteiger charge is 2.11. The van der Waals surface area contributed by atoms with Gasteiger partial charge in [-0.05, 0) is 36.7 Å². The molecule has 1 aromatic heterocycles. The number of nitrogens with one attached hydrogen (secondary N) is 1. The minimum atomic E-state index is 0.361. The van der Waals surface area contributed by atoms with Crippen molar-refractivity contribution < 1.29 is 0 Å². The molecule has 19 heavy (non-hydrogen) atoms. The van der Waals surface area contributed by atoms with Crippen molar-refractivity contribution in [3.63, 3.8) is 0 Å². The Balaban J connectivity index is 2.06.